The summed E-state index contributed by atoms with van der Waals surface area (Å²) in [6.45, 7) is 4.17. The molecule has 4 atom stereocenters. The number of amides is 2. The Hall–Kier alpha value is -2.32. The van der Waals surface area contributed by atoms with Crippen molar-refractivity contribution in [3.8, 4) is 0 Å². The summed E-state index contributed by atoms with van der Waals surface area (Å²) in [7, 11) is 0. The molecule has 1 spiro atoms. The number of carbonyl (C=O) groups is 2. The number of anilines is 1. The summed E-state index contributed by atoms with van der Waals surface area (Å²) < 4.78 is 14.3. The molecule has 2 heterocycles. The number of halogens is 1. The summed E-state index contributed by atoms with van der Waals surface area (Å²) in [5, 5.41) is 6.57. The molecule has 2 amide bonds. The summed E-state index contributed by atoms with van der Waals surface area (Å²) >= 11 is 1.27. The van der Waals surface area contributed by atoms with Crippen LogP contribution in [0.5, 0.6) is 0 Å². The zero-order valence-electron chi connectivity index (χ0n) is 19.3. The van der Waals surface area contributed by atoms with E-state index in [9.17, 15) is 14.0 Å². The molecule has 1 aliphatic heterocycles. The highest BCUT2D eigenvalue weighted by molar-refractivity contribution is 7.22. The minimum absolute atomic E-state index is 0.0100. The van der Waals surface area contributed by atoms with E-state index in [-0.39, 0.29) is 46.7 Å². The predicted molar refractivity (Wildman–Crippen MR) is 131 cm³/mol. The lowest BCUT2D eigenvalue weighted by molar-refractivity contribution is -0.132. The molecule has 2 aromatic rings. The van der Waals surface area contributed by atoms with Gasteiger partial charge in [-0.2, -0.15) is 0 Å². The summed E-state index contributed by atoms with van der Waals surface area (Å²) in [5.41, 5.74) is 0.757. The van der Waals surface area contributed by atoms with Gasteiger partial charge in [-0.1, -0.05) is 23.5 Å². The van der Waals surface area contributed by atoms with Gasteiger partial charge in [-0.15, -0.1) is 0 Å². The Balaban J connectivity index is 1.12. The molecule has 6 rings (SSSR count). The van der Waals surface area contributed by atoms with Gasteiger partial charge in [-0.25, -0.2) is 9.37 Å². The highest BCUT2D eigenvalue weighted by Gasteiger charge is 2.69. The number of rotatable bonds is 8. The molecule has 2 bridgehead atoms. The third kappa shape index (κ3) is 3.85. The molecule has 1 saturated heterocycles. The minimum Gasteiger partial charge on any atom is -0.356 e. The predicted octanol–water partition coefficient (Wildman–Crippen LogP) is 4.19. The number of aromatic nitrogens is 1. The van der Waals surface area contributed by atoms with Crippen molar-refractivity contribution < 1.29 is 14.0 Å². The van der Waals surface area contributed by atoms with E-state index in [0.29, 0.717) is 21.9 Å². The van der Waals surface area contributed by atoms with Crippen LogP contribution in [0.1, 0.15) is 38.5 Å². The fourth-order valence-electron chi connectivity index (χ4n) is 6.65. The van der Waals surface area contributed by atoms with Crippen LogP contribution in [-0.4, -0.2) is 47.9 Å². The zero-order chi connectivity index (χ0) is 23.3. The second-order valence-electron chi connectivity index (χ2n) is 10.4. The van der Waals surface area contributed by atoms with Gasteiger partial charge in [0, 0.05) is 6.54 Å². The monoisotopic (exact) mass is 482 g/mol. The van der Waals surface area contributed by atoms with Gasteiger partial charge in [0.15, 0.2) is 5.13 Å². The van der Waals surface area contributed by atoms with Gasteiger partial charge in [-0.05, 0) is 93.6 Å². The third-order valence-electron chi connectivity index (χ3n) is 8.43. The maximum atomic E-state index is 13.6. The summed E-state index contributed by atoms with van der Waals surface area (Å²) in [4.78, 5) is 33.7. The Morgan fingerprint density at radius 1 is 1.09 bits per heavy atom. The maximum Gasteiger partial charge on any atom is 0.230 e. The van der Waals surface area contributed by atoms with Crippen molar-refractivity contribution in [2.24, 2.45) is 29.1 Å². The Labute approximate surface area is 203 Å². The first-order valence-corrected chi connectivity index (χ1v) is 13.4. The van der Waals surface area contributed by atoms with E-state index >= 15 is 0 Å². The van der Waals surface area contributed by atoms with E-state index in [0.717, 1.165) is 32.2 Å². The van der Waals surface area contributed by atoms with Gasteiger partial charge in [-0.3, -0.25) is 9.59 Å². The fraction of sp³-hybridized carbons (Fsp3) is 0.577. The second kappa shape index (κ2) is 8.72. The first-order valence-electron chi connectivity index (χ1n) is 12.6. The van der Waals surface area contributed by atoms with Gasteiger partial charge in [0.1, 0.15) is 5.82 Å². The second-order valence-corrected chi connectivity index (χ2v) is 11.4. The largest absolute Gasteiger partial charge is 0.356 e. The average molecular weight is 483 g/mol. The number of nitrogens with zero attached hydrogens (tertiary/aromatic N) is 2. The van der Waals surface area contributed by atoms with Crippen molar-refractivity contribution in [2.75, 3.05) is 31.5 Å². The van der Waals surface area contributed by atoms with Crippen molar-refractivity contribution in [1.29, 1.82) is 0 Å². The van der Waals surface area contributed by atoms with Crippen molar-refractivity contribution >= 4 is 38.5 Å². The number of fused-ring (bicyclic) bond motifs is 1. The Morgan fingerprint density at radius 2 is 1.82 bits per heavy atom. The van der Waals surface area contributed by atoms with E-state index in [1.165, 1.54) is 49.4 Å². The van der Waals surface area contributed by atoms with Crippen LogP contribution in [0.15, 0.2) is 30.4 Å². The van der Waals surface area contributed by atoms with Gasteiger partial charge in [0.05, 0.1) is 22.1 Å². The Kier molecular flexibility index (Phi) is 5.68. The van der Waals surface area contributed by atoms with Crippen molar-refractivity contribution in [3.63, 3.8) is 0 Å². The first-order chi connectivity index (χ1) is 16.5. The molecular weight excluding hydrogens is 451 g/mol. The summed E-state index contributed by atoms with van der Waals surface area (Å²) in [5.74, 6) is -0.918. The number of likely N-dealkylation sites (tertiary alicyclic amines) is 1. The van der Waals surface area contributed by atoms with Crippen LogP contribution < -0.4 is 10.6 Å². The highest BCUT2D eigenvalue weighted by Crippen LogP contribution is 2.72. The highest BCUT2D eigenvalue weighted by atomic mass is 32.1. The molecule has 3 fully saturated rings. The zero-order valence-corrected chi connectivity index (χ0v) is 20.1. The SMILES string of the molecule is O=C(NCCCCN1CCCC1)[C@H]1[C@H](C(=O)Nc2nc3ccc(F)cc3s2)[C@@H]2C=C[C@H]1C21CC1. The standard InChI is InChI=1S/C26H31FN4O2S/c27-16-5-8-19-20(15-16)34-25(29-19)30-24(33)22-18-7-6-17(26(18)9-10-26)21(22)23(32)28-11-1-2-12-31-13-3-4-14-31/h5-8,15,17-18,21-22H,1-4,9-14H2,(H,28,32)(H,29,30,33)/t17-,18+,21-,22-/m1/s1. The van der Waals surface area contributed by atoms with Gasteiger partial charge in [0.2, 0.25) is 11.8 Å². The number of allylic oxidation sites excluding steroid dienone is 2. The first kappa shape index (κ1) is 22.2. The molecule has 3 aliphatic carbocycles. The van der Waals surface area contributed by atoms with Gasteiger partial charge < -0.3 is 15.5 Å². The average Bonchev–Trinajstić information content (AvgIpc) is 3.11. The van der Waals surface area contributed by atoms with Crippen molar-refractivity contribution in [1.82, 2.24) is 15.2 Å². The number of nitrogens with one attached hydrogen (secondary N) is 2. The van der Waals surface area contributed by atoms with Crippen LogP contribution in [0.3, 0.4) is 0 Å². The molecule has 2 saturated carbocycles. The molecule has 6 nitrogen and oxygen atoms in total. The van der Waals surface area contributed by atoms with E-state index in [1.54, 1.807) is 6.07 Å². The lowest BCUT2D eigenvalue weighted by Gasteiger charge is -2.26. The molecule has 0 radical (unpaired) electrons. The smallest absolute Gasteiger partial charge is 0.230 e. The quantitative estimate of drug-likeness (QED) is 0.437. The van der Waals surface area contributed by atoms with Crippen LogP contribution in [0, 0.1) is 34.9 Å². The molecule has 0 unspecified atom stereocenters. The number of hydrogen-bond acceptors (Lipinski definition) is 5. The number of carbonyl (C=O) groups excluding carboxylic acids is 2. The number of benzene rings is 1. The molecule has 1 aromatic heterocycles. The van der Waals surface area contributed by atoms with E-state index < -0.39 is 0 Å². The van der Waals surface area contributed by atoms with E-state index in [1.807, 2.05) is 0 Å². The summed E-state index contributed by atoms with van der Waals surface area (Å²) in [6, 6.07) is 4.43. The fourth-order valence-corrected chi connectivity index (χ4v) is 7.54. The van der Waals surface area contributed by atoms with Crippen molar-refractivity contribution in [3.05, 3.63) is 36.2 Å². The number of unbranched alkanes of at least 4 members (excludes halogenated alkanes) is 1. The van der Waals surface area contributed by atoms with Gasteiger partial charge in [0.25, 0.3) is 0 Å². The Bertz CT molecular complexity index is 1140. The molecule has 2 N–H and O–H groups in total. The van der Waals surface area contributed by atoms with Crippen molar-refractivity contribution in [2.45, 2.75) is 38.5 Å². The van der Waals surface area contributed by atoms with E-state index in [4.69, 9.17) is 0 Å². The maximum absolute atomic E-state index is 13.6. The Morgan fingerprint density at radius 3 is 2.56 bits per heavy atom. The number of hydrogen-bond donors (Lipinski definition) is 2. The molecule has 8 heteroatoms. The van der Waals surface area contributed by atoms with Crippen LogP contribution in [0.4, 0.5) is 9.52 Å². The molecule has 180 valence electrons. The third-order valence-corrected chi connectivity index (χ3v) is 9.36. The molecular formula is C26H31FN4O2S. The van der Waals surface area contributed by atoms with Crippen LogP contribution in [0.25, 0.3) is 10.2 Å². The lowest BCUT2D eigenvalue weighted by Crippen LogP contribution is -2.42. The van der Waals surface area contributed by atoms with Gasteiger partial charge >= 0.3 is 0 Å². The number of thiazole rings is 1. The molecule has 4 aliphatic rings. The van der Waals surface area contributed by atoms with Crippen LogP contribution in [0.2, 0.25) is 0 Å². The van der Waals surface area contributed by atoms with Crippen LogP contribution >= 0.6 is 11.3 Å². The van der Waals surface area contributed by atoms with Crippen LogP contribution in [-0.2, 0) is 9.59 Å². The molecule has 1 aromatic carbocycles. The minimum atomic E-state index is -0.383. The topological polar surface area (TPSA) is 74.3 Å². The summed E-state index contributed by atoms with van der Waals surface area (Å²) in [6.07, 6.45) is 11.2. The molecule has 34 heavy (non-hydrogen) atoms. The normalized spacial score (nSPS) is 28.7. The lowest BCUT2D eigenvalue weighted by atomic mass is 9.81. The van der Waals surface area contributed by atoms with E-state index in [2.05, 4.69) is 32.7 Å².